The summed E-state index contributed by atoms with van der Waals surface area (Å²) in [4.78, 5) is 0. The Bertz CT molecular complexity index is 422. The van der Waals surface area contributed by atoms with Gasteiger partial charge in [-0.15, -0.1) is 6.58 Å². The van der Waals surface area contributed by atoms with E-state index < -0.39 is 8.32 Å². The van der Waals surface area contributed by atoms with Gasteiger partial charge in [-0.1, -0.05) is 39.0 Å². The maximum absolute atomic E-state index is 6.72. The molecule has 2 nitrogen and oxygen atoms in total. The van der Waals surface area contributed by atoms with Crippen molar-refractivity contribution < 1.29 is 9.16 Å². The van der Waals surface area contributed by atoms with Crippen molar-refractivity contribution in [1.29, 1.82) is 0 Å². The Hall–Kier alpha value is -0.383. The summed E-state index contributed by atoms with van der Waals surface area (Å²) in [7, 11) is -1.74. The molecule has 3 heteroatoms. The number of hydrogen-bond donors (Lipinski definition) is 0. The first kappa shape index (κ1) is 18.0. The van der Waals surface area contributed by atoms with Gasteiger partial charge in [0.1, 0.15) is 0 Å². The molecule has 1 saturated heterocycles. The zero-order valence-electron chi connectivity index (χ0n) is 15.2. The molecule has 2 aliphatic rings. The van der Waals surface area contributed by atoms with Crippen LogP contribution >= 0.6 is 0 Å². The van der Waals surface area contributed by atoms with E-state index in [0.29, 0.717) is 6.10 Å². The van der Waals surface area contributed by atoms with Crippen molar-refractivity contribution in [1.82, 2.24) is 0 Å². The standard InChI is InChI=1S/C19H34O2Si/c1-7-16-14-17(21-22(5,6)18(2,3)4)15-19(20-16)12-10-8-9-11-13-19/h7,10,12,16-17H,1,8-9,11,13-15H2,2-6H3/t16-,17+,19-/m0/s1. The Labute approximate surface area is 138 Å². The third kappa shape index (κ3) is 4.12. The smallest absolute Gasteiger partial charge is 0.192 e. The van der Waals surface area contributed by atoms with Crippen LogP contribution in [0.3, 0.4) is 0 Å². The highest BCUT2D eigenvalue weighted by molar-refractivity contribution is 6.74. The number of hydrogen-bond acceptors (Lipinski definition) is 2. The van der Waals surface area contributed by atoms with E-state index in [-0.39, 0.29) is 16.7 Å². The van der Waals surface area contributed by atoms with Gasteiger partial charge in [-0.2, -0.15) is 0 Å². The lowest BCUT2D eigenvalue weighted by molar-refractivity contribution is -0.119. The molecule has 0 radical (unpaired) electrons. The van der Waals surface area contributed by atoms with Gasteiger partial charge in [0.15, 0.2) is 8.32 Å². The van der Waals surface area contributed by atoms with Gasteiger partial charge in [0.25, 0.3) is 0 Å². The molecule has 22 heavy (non-hydrogen) atoms. The Balaban J connectivity index is 2.16. The van der Waals surface area contributed by atoms with Gasteiger partial charge < -0.3 is 9.16 Å². The van der Waals surface area contributed by atoms with Crippen LogP contribution < -0.4 is 0 Å². The van der Waals surface area contributed by atoms with E-state index in [1.54, 1.807) is 0 Å². The van der Waals surface area contributed by atoms with Gasteiger partial charge in [-0.3, -0.25) is 0 Å². The molecule has 1 spiro atoms. The monoisotopic (exact) mass is 322 g/mol. The lowest BCUT2D eigenvalue weighted by Crippen LogP contribution is -2.50. The van der Waals surface area contributed by atoms with Gasteiger partial charge >= 0.3 is 0 Å². The summed E-state index contributed by atoms with van der Waals surface area (Å²) in [5.41, 5.74) is -0.124. The second kappa shape index (κ2) is 6.62. The van der Waals surface area contributed by atoms with E-state index in [2.05, 4.69) is 52.6 Å². The summed E-state index contributed by atoms with van der Waals surface area (Å²) >= 11 is 0. The summed E-state index contributed by atoms with van der Waals surface area (Å²) in [6.07, 6.45) is 13.7. The van der Waals surface area contributed by atoms with Crippen LogP contribution in [0, 0.1) is 0 Å². The van der Waals surface area contributed by atoms with E-state index in [1.807, 2.05) is 6.08 Å². The lowest BCUT2D eigenvalue weighted by Gasteiger charge is -2.46. The summed E-state index contributed by atoms with van der Waals surface area (Å²) < 4.78 is 13.1. The first-order chi connectivity index (χ1) is 10.2. The van der Waals surface area contributed by atoms with Crippen LogP contribution in [0.2, 0.25) is 18.1 Å². The Morgan fingerprint density at radius 3 is 2.68 bits per heavy atom. The lowest BCUT2D eigenvalue weighted by atomic mass is 9.86. The normalized spacial score (nSPS) is 33.7. The molecule has 0 bridgehead atoms. The van der Waals surface area contributed by atoms with Crippen molar-refractivity contribution in [3.05, 3.63) is 24.8 Å². The molecule has 0 aromatic heterocycles. The van der Waals surface area contributed by atoms with Crippen molar-refractivity contribution >= 4 is 8.32 Å². The number of allylic oxidation sites excluding steroid dienone is 1. The Morgan fingerprint density at radius 2 is 2.05 bits per heavy atom. The maximum atomic E-state index is 6.72. The quantitative estimate of drug-likeness (QED) is 0.496. The topological polar surface area (TPSA) is 18.5 Å². The van der Waals surface area contributed by atoms with Crippen LogP contribution in [0.25, 0.3) is 0 Å². The molecule has 0 unspecified atom stereocenters. The van der Waals surface area contributed by atoms with Gasteiger partial charge in [-0.25, -0.2) is 0 Å². The van der Waals surface area contributed by atoms with E-state index in [1.165, 1.54) is 19.3 Å². The van der Waals surface area contributed by atoms with E-state index in [9.17, 15) is 0 Å². The van der Waals surface area contributed by atoms with Crippen LogP contribution in [0.4, 0.5) is 0 Å². The van der Waals surface area contributed by atoms with E-state index in [4.69, 9.17) is 9.16 Å². The van der Waals surface area contributed by atoms with Gasteiger partial charge in [0.05, 0.1) is 17.8 Å². The minimum absolute atomic E-state index is 0.117. The Morgan fingerprint density at radius 1 is 1.32 bits per heavy atom. The molecular weight excluding hydrogens is 288 g/mol. The third-order valence-corrected chi connectivity index (χ3v) is 10.2. The van der Waals surface area contributed by atoms with Crippen molar-refractivity contribution in [3.63, 3.8) is 0 Å². The largest absolute Gasteiger partial charge is 0.414 e. The zero-order valence-corrected chi connectivity index (χ0v) is 16.2. The minimum atomic E-state index is -1.74. The first-order valence-electron chi connectivity index (χ1n) is 8.83. The molecule has 0 aromatic rings. The second-order valence-electron chi connectivity index (χ2n) is 8.54. The van der Waals surface area contributed by atoms with Gasteiger partial charge in [0.2, 0.25) is 0 Å². The maximum Gasteiger partial charge on any atom is 0.192 e. The second-order valence-corrected chi connectivity index (χ2v) is 13.3. The molecule has 1 aliphatic carbocycles. The fourth-order valence-corrected chi connectivity index (χ4v) is 4.66. The van der Waals surface area contributed by atoms with Crippen molar-refractivity contribution in [2.75, 3.05) is 0 Å². The molecular formula is C19H34O2Si. The summed E-state index contributed by atoms with van der Waals surface area (Å²) in [6, 6.07) is 0. The molecule has 1 heterocycles. The van der Waals surface area contributed by atoms with Gasteiger partial charge in [0, 0.05) is 12.8 Å². The third-order valence-electron chi connectivity index (χ3n) is 5.63. The Kier molecular flexibility index (Phi) is 5.41. The molecule has 1 aliphatic heterocycles. The summed E-state index contributed by atoms with van der Waals surface area (Å²) in [5, 5.41) is 0.251. The van der Waals surface area contributed by atoms with Gasteiger partial charge in [-0.05, 0) is 43.8 Å². The number of rotatable bonds is 3. The zero-order chi connectivity index (χ0) is 16.4. The molecule has 0 amide bonds. The molecule has 0 aromatic carbocycles. The summed E-state index contributed by atoms with van der Waals surface area (Å²) in [6.45, 7) is 15.6. The van der Waals surface area contributed by atoms with Crippen LogP contribution in [0.5, 0.6) is 0 Å². The van der Waals surface area contributed by atoms with Crippen LogP contribution in [-0.4, -0.2) is 26.1 Å². The first-order valence-corrected chi connectivity index (χ1v) is 11.7. The molecule has 0 saturated carbocycles. The average molecular weight is 323 g/mol. The fourth-order valence-electron chi connectivity index (χ4n) is 3.29. The number of ether oxygens (including phenoxy) is 1. The molecule has 0 N–H and O–H groups in total. The van der Waals surface area contributed by atoms with E-state index >= 15 is 0 Å². The minimum Gasteiger partial charge on any atom is -0.414 e. The van der Waals surface area contributed by atoms with Crippen LogP contribution in [0.15, 0.2) is 24.8 Å². The van der Waals surface area contributed by atoms with Crippen molar-refractivity contribution in [2.24, 2.45) is 0 Å². The fraction of sp³-hybridized carbons (Fsp3) is 0.789. The SMILES string of the molecule is C=C[C@H]1C[C@@H](O[Si](C)(C)C(C)(C)C)C[C@@]2(C=CCCCC2)O1. The van der Waals surface area contributed by atoms with Crippen LogP contribution in [-0.2, 0) is 9.16 Å². The van der Waals surface area contributed by atoms with Crippen molar-refractivity contribution in [2.45, 2.75) is 95.2 Å². The highest BCUT2D eigenvalue weighted by Crippen LogP contribution is 2.42. The predicted octanol–water partition coefficient (Wildman–Crippen LogP) is 5.61. The van der Waals surface area contributed by atoms with Crippen LogP contribution in [0.1, 0.15) is 59.3 Å². The highest BCUT2D eigenvalue weighted by atomic mass is 28.4. The summed E-state index contributed by atoms with van der Waals surface area (Å²) in [5.74, 6) is 0. The molecule has 126 valence electrons. The molecule has 2 rings (SSSR count). The molecule has 1 fully saturated rings. The van der Waals surface area contributed by atoms with E-state index in [0.717, 1.165) is 19.3 Å². The highest BCUT2D eigenvalue weighted by Gasteiger charge is 2.44. The molecule has 3 atom stereocenters. The predicted molar refractivity (Wildman–Crippen MR) is 96.7 cm³/mol. The van der Waals surface area contributed by atoms with Crippen molar-refractivity contribution in [3.8, 4) is 0 Å². The average Bonchev–Trinajstić information content (AvgIpc) is 2.62.